The van der Waals surface area contributed by atoms with Crippen molar-refractivity contribution in [3.05, 3.63) is 17.7 Å². The zero-order valence-electron chi connectivity index (χ0n) is 8.39. The molecule has 0 N–H and O–H groups in total. The van der Waals surface area contributed by atoms with Gasteiger partial charge in [0.15, 0.2) is 5.69 Å². The van der Waals surface area contributed by atoms with E-state index in [1.807, 2.05) is 13.8 Å². The van der Waals surface area contributed by atoms with Crippen LogP contribution < -0.4 is 0 Å². The lowest BCUT2D eigenvalue weighted by molar-refractivity contribution is -0.141. The van der Waals surface area contributed by atoms with Gasteiger partial charge in [0.1, 0.15) is 5.82 Å². The van der Waals surface area contributed by atoms with Gasteiger partial charge in [0.05, 0.1) is 0 Å². The first kappa shape index (κ1) is 11.1. The molecule has 1 heterocycles. The Balaban J connectivity index is 3.05. The average Bonchev–Trinajstić information content (AvgIpc) is 2.45. The van der Waals surface area contributed by atoms with E-state index in [9.17, 15) is 13.2 Å². The second kappa shape index (κ2) is 3.63. The van der Waals surface area contributed by atoms with Crippen molar-refractivity contribution in [1.82, 2.24) is 9.55 Å². The molecule has 1 rings (SSSR count). The summed E-state index contributed by atoms with van der Waals surface area (Å²) in [5, 5.41) is 0. The first-order chi connectivity index (χ1) is 6.36. The summed E-state index contributed by atoms with van der Waals surface area (Å²) in [6.45, 7) is 3.79. The number of hydrogen-bond acceptors (Lipinski definition) is 1. The van der Waals surface area contributed by atoms with E-state index in [2.05, 4.69) is 4.98 Å². The molecule has 0 spiro atoms. The third-order valence-electron chi connectivity index (χ3n) is 2.26. The number of rotatable bonds is 2. The van der Waals surface area contributed by atoms with Gasteiger partial charge < -0.3 is 4.57 Å². The molecule has 14 heavy (non-hydrogen) atoms. The lowest BCUT2D eigenvalue weighted by Crippen LogP contribution is -2.05. The van der Waals surface area contributed by atoms with E-state index in [1.165, 1.54) is 4.57 Å². The molecule has 0 radical (unpaired) electrons. The van der Waals surface area contributed by atoms with E-state index >= 15 is 0 Å². The molecule has 5 heteroatoms. The fraction of sp³-hybridized carbons (Fsp3) is 0.667. The summed E-state index contributed by atoms with van der Waals surface area (Å²) in [4.78, 5) is 3.59. The van der Waals surface area contributed by atoms with E-state index < -0.39 is 11.9 Å². The van der Waals surface area contributed by atoms with Gasteiger partial charge in [0.25, 0.3) is 0 Å². The molecule has 1 unspecified atom stereocenters. The summed E-state index contributed by atoms with van der Waals surface area (Å²) < 4.78 is 38.3. The van der Waals surface area contributed by atoms with Crippen molar-refractivity contribution in [2.75, 3.05) is 0 Å². The number of hydrogen-bond donors (Lipinski definition) is 0. The zero-order valence-corrected chi connectivity index (χ0v) is 8.39. The van der Waals surface area contributed by atoms with Crippen LogP contribution in [0.15, 0.2) is 6.20 Å². The van der Waals surface area contributed by atoms with E-state index in [-0.39, 0.29) is 5.92 Å². The second-order valence-corrected chi connectivity index (χ2v) is 3.40. The first-order valence-corrected chi connectivity index (χ1v) is 4.46. The topological polar surface area (TPSA) is 17.8 Å². The Morgan fingerprint density at radius 3 is 2.43 bits per heavy atom. The van der Waals surface area contributed by atoms with Crippen molar-refractivity contribution in [3.63, 3.8) is 0 Å². The van der Waals surface area contributed by atoms with Crippen LogP contribution in [0.3, 0.4) is 0 Å². The van der Waals surface area contributed by atoms with Crippen molar-refractivity contribution in [2.45, 2.75) is 32.4 Å². The molecular weight excluding hydrogens is 193 g/mol. The Bertz CT molecular complexity index is 314. The third-order valence-corrected chi connectivity index (χ3v) is 2.26. The molecule has 1 atom stereocenters. The van der Waals surface area contributed by atoms with Gasteiger partial charge in [-0.05, 0) is 6.42 Å². The normalized spacial score (nSPS) is 14.4. The number of alkyl halides is 3. The van der Waals surface area contributed by atoms with Crippen molar-refractivity contribution in [1.29, 1.82) is 0 Å². The van der Waals surface area contributed by atoms with E-state index in [4.69, 9.17) is 0 Å². The SMILES string of the molecule is CCC(C)c1nc(C(F)(F)F)cn1C. The maximum Gasteiger partial charge on any atom is 0.434 e. The van der Waals surface area contributed by atoms with Crippen molar-refractivity contribution >= 4 is 0 Å². The van der Waals surface area contributed by atoms with Crippen LogP contribution >= 0.6 is 0 Å². The Hall–Kier alpha value is -1.00. The van der Waals surface area contributed by atoms with Gasteiger partial charge >= 0.3 is 6.18 Å². The summed E-state index contributed by atoms with van der Waals surface area (Å²) >= 11 is 0. The summed E-state index contributed by atoms with van der Waals surface area (Å²) in [5.41, 5.74) is -0.810. The van der Waals surface area contributed by atoms with Crippen molar-refractivity contribution in [3.8, 4) is 0 Å². The van der Waals surface area contributed by atoms with Gasteiger partial charge in [-0.1, -0.05) is 13.8 Å². The van der Waals surface area contributed by atoms with Crippen LogP contribution in [0.25, 0.3) is 0 Å². The summed E-state index contributed by atoms with van der Waals surface area (Å²) in [7, 11) is 1.59. The molecule has 80 valence electrons. The molecule has 0 aliphatic rings. The standard InChI is InChI=1S/C9H13F3N2/c1-4-6(2)8-13-7(5-14(8)3)9(10,11)12/h5-6H,4H2,1-3H3. The molecule has 0 aromatic carbocycles. The van der Waals surface area contributed by atoms with Crippen LogP contribution in [-0.2, 0) is 13.2 Å². The van der Waals surface area contributed by atoms with Crippen molar-refractivity contribution in [2.24, 2.45) is 7.05 Å². The minimum absolute atomic E-state index is 0.0519. The molecule has 0 saturated carbocycles. The molecule has 0 aliphatic carbocycles. The minimum atomic E-state index is -4.34. The zero-order chi connectivity index (χ0) is 10.9. The van der Waals surface area contributed by atoms with Crippen LogP contribution in [-0.4, -0.2) is 9.55 Å². The second-order valence-electron chi connectivity index (χ2n) is 3.40. The van der Waals surface area contributed by atoms with Crippen LogP contribution in [0.1, 0.15) is 37.7 Å². The summed E-state index contributed by atoms with van der Waals surface area (Å²) in [6, 6.07) is 0. The number of aryl methyl sites for hydroxylation is 1. The van der Waals surface area contributed by atoms with Gasteiger partial charge in [0, 0.05) is 19.2 Å². The summed E-state index contributed by atoms with van der Waals surface area (Å²) in [5.74, 6) is 0.538. The van der Waals surface area contributed by atoms with Crippen LogP contribution in [0, 0.1) is 0 Å². The minimum Gasteiger partial charge on any atom is -0.337 e. The van der Waals surface area contributed by atoms with Crippen molar-refractivity contribution < 1.29 is 13.2 Å². The highest BCUT2D eigenvalue weighted by molar-refractivity contribution is 5.10. The molecule has 2 nitrogen and oxygen atoms in total. The quantitative estimate of drug-likeness (QED) is 0.727. The lowest BCUT2D eigenvalue weighted by atomic mass is 10.1. The van der Waals surface area contributed by atoms with Gasteiger partial charge in [-0.25, -0.2) is 4.98 Å². The van der Waals surface area contributed by atoms with Crippen LogP contribution in [0.2, 0.25) is 0 Å². The molecule has 0 bridgehead atoms. The highest BCUT2D eigenvalue weighted by atomic mass is 19.4. The maximum absolute atomic E-state index is 12.3. The van der Waals surface area contributed by atoms with Crippen LogP contribution in [0.4, 0.5) is 13.2 Å². The molecule has 0 saturated heterocycles. The Labute approximate surface area is 80.8 Å². The third kappa shape index (κ3) is 2.08. The number of halogens is 3. The van der Waals surface area contributed by atoms with E-state index in [0.29, 0.717) is 5.82 Å². The van der Waals surface area contributed by atoms with E-state index in [1.54, 1.807) is 7.05 Å². The van der Waals surface area contributed by atoms with Gasteiger partial charge in [-0.2, -0.15) is 13.2 Å². The molecule has 0 amide bonds. The molecular formula is C9H13F3N2. The first-order valence-electron chi connectivity index (χ1n) is 4.46. The Kier molecular flexibility index (Phi) is 2.87. The van der Waals surface area contributed by atoms with Crippen LogP contribution in [0.5, 0.6) is 0 Å². The fourth-order valence-electron chi connectivity index (χ4n) is 1.26. The smallest absolute Gasteiger partial charge is 0.337 e. The monoisotopic (exact) mass is 206 g/mol. The Morgan fingerprint density at radius 1 is 1.50 bits per heavy atom. The predicted octanol–water partition coefficient (Wildman–Crippen LogP) is 2.95. The highest BCUT2D eigenvalue weighted by Gasteiger charge is 2.34. The van der Waals surface area contributed by atoms with Gasteiger partial charge in [-0.3, -0.25) is 0 Å². The Morgan fingerprint density at radius 2 is 2.07 bits per heavy atom. The molecule has 0 fully saturated rings. The highest BCUT2D eigenvalue weighted by Crippen LogP contribution is 2.29. The molecule has 1 aromatic rings. The maximum atomic E-state index is 12.3. The van der Waals surface area contributed by atoms with Gasteiger partial charge in [-0.15, -0.1) is 0 Å². The average molecular weight is 206 g/mol. The van der Waals surface area contributed by atoms with E-state index in [0.717, 1.165) is 12.6 Å². The lowest BCUT2D eigenvalue weighted by Gasteiger charge is -2.07. The number of aromatic nitrogens is 2. The fourth-order valence-corrected chi connectivity index (χ4v) is 1.26. The van der Waals surface area contributed by atoms with Gasteiger partial charge in [0.2, 0.25) is 0 Å². The summed E-state index contributed by atoms with van der Waals surface area (Å²) in [6.07, 6.45) is -2.53. The molecule has 1 aromatic heterocycles. The predicted molar refractivity (Wildman–Crippen MR) is 46.9 cm³/mol. The molecule has 0 aliphatic heterocycles. The number of nitrogens with zero attached hydrogens (tertiary/aromatic N) is 2. The largest absolute Gasteiger partial charge is 0.434 e. The number of imidazole rings is 1.